The first kappa shape index (κ1) is 18.5. The Hall–Kier alpha value is -2.89. The number of carbonyl (C=O) groups excluding carboxylic acids is 1. The first-order valence-electron chi connectivity index (χ1n) is 8.60. The van der Waals surface area contributed by atoms with Gasteiger partial charge in [0.2, 0.25) is 0 Å². The lowest BCUT2D eigenvalue weighted by atomic mass is 10.0. The smallest absolute Gasteiger partial charge is 0.268 e. The highest BCUT2D eigenvalue weighted by atomic mass is 35.5. The molecule has 6 heteroatoms. The minimum Gasteiger partial charge on any atom is -0.296 e. The quantitative estimate of drug-likeness (QED) is 0.428. The van der Waals surface area contributed by atoms with Gasteiger partial charge in [-0.1, -0.05) is 59.6 Å². The molecule has 3 aromatic carbocycles. The van der Waals surface area contributed by atoms with Gasteiger partial charge in [-0.25, -0.2) is 12.4 Å². The summed E-state index contributed by atoms with van der Waals surface area (Å²) in [5.74, 6) is 0. The summed E-state index contributed by atoms with van der Waals surface area (Å²) in [7, 11) is -3.96. The Morgan fingerprint density at radius 1 is 0.893 bits per heavy atom. The third-order valence-electron chi connectivity index (χ3n) is 4.67. The SMILES string of the molecule is Cc1ccc(S(=O)(=O)n2c(C=O)c(-c3ccc(Cl)cc3)c3ccccc32)cc1. The summed E-state index contributed by atoms with van der Waals surface area (Å²) in [6.45, 7) is 1.89. The number of aldehydes is 1. The number of hydrogen-bond donors (Lipinski definition) is 0. The molecular weight excluding hydrogens is 394 g/mol. The average molecular weight is 410 g/mol. The van der Waals surface area contributed by atoms with Gasteiger partial charge < -0.3 is 0 Å². The summed E-state index contributed by atoms with van der Waals surface area (Å²) in [6, 6.07) is 20.6. The highest BCUT2D eigenvalue weighted by Gasteiger charge is 2.27. The Labute approximate surface area is 168 Å². The zero-order valence-electron chi connectivity index (χ0n) is 15.0. The van der Waals surface area contributed by atoms with Crippen molar-refractivity contribution in [2.24, 2.45) is 0 Å². The van der Waals surface area contributed by atoms with E-state index in [1.807, 2.05) is 19.1 Å². The van der Waals surface area contributed by atoms with Gasteiger partial charge in [0.1, 0.15) is 5.69 Å². The van der Waals surface area contributed by atoms with Crippen LogP contribution in [0.15, 0.2) is 77.7 Å². The van der Waals surface area contributed by atoms with Crippen molar-refractivity contribution in [2.75, 3.05) is 0 Å². The molecule has 4 nitrogen and oxygen atoms in total. The number of nitrogens with zero attached hydrogens (tertiary/aromatic N) is 1. The zero-order chi connectivity index (χ0) is 19.9. The molecule has 140 valence electrons. The number of aromatic nitrogens is 1. The van der Waals surface area contributed by atoms with Crippen LogP contribution in [0.25, 0.3) is 22.0 Å². The predicted octanol–water partition coefficient (Wildman–Crippen LogP) is 5.32. The van der Waals surface area contributed by atoms with Gasteiger partial charge >= 0.3 is 0 Å². The fourth-order valence-electron chi connectivity index (χ4n) is 3.33. The molecule has 0 atom stereocenters. The number of aryl methyl sites for hydroxylation is 1. The maximum Gasteiger partial charge on any atom is 0.268 e. The lowest BCUT2D eigenvalue weighted by Gasteiger charge is -2.10. The van der Waals surface area contributed by atoms with Crippen molar-refractivity contribution in [2.45, 2.75) is 11.8 Å². The lowest BCUT2D eigenvalue weighted by Crippen LogP contribution is -2.15. The average Bonchev–Trinajstić information content (AvgIpc) is 3.04. The fourth-order valence-corrected chi connectivity index (χ4v) is 4.96. The molecule has 4 rings (SSSR count). The summed E-state index contributed by atoms with van der Waals surface area (Å²) in [6.07, 6.45) is 0.593. The van der Waals surface area contributed by atoms with Crippen LogP contribution in [0.3, 0.4) is 0 Å². The molecule has 28 heavy (non-hydrogen) atoms. The van der Waals surface area contributed by atoms with E-state index in [1.165, 1.54) is 0 Å². The van der Waals surface area contributed by atoms with Gasteiger partial charge in [0.05, 0.1) is 10.4 Å². The van der Waals surface area contributed by atoms with Crippen LogP contribution in [-0.4, -0.2) is 18.7 Å². The van der Waals surface area contributed by atoms with E-state index in [1.54, 1.807) is 60.7 Å². The molecule has 0 aliphatic carbocycles. The van der Waals surface area contributed by atoms with E-state index in [-0.39, 0.29) is 10.6 Å². The second-order valence-electron chi connectivity index (χ2n) is 6.48. The highest BCUT2D eigenvalue weighted by molar-refractivity contribution is 7.90. The van der Waals surface area contributed by atoms with E-state index >= 15 is 0 Å². The highest BCUT2D eigenvalue weighted by Crippen LogP contribution is 2.37. The Bertz CT molecular complexity index is 1290. The van der Waals surface area contributed by atoms with Gasteiger partial charge in [-0.3, -0.25) is 4.79 Å². The zero-order valence-corrected chi connectivity index (χ0v) is 16.5. The van der Waals surface area contributed by atoms with Crippen molar-refractivity contribution >= 4 is 38.8 Å². The number of carbonyl (C=O) groups is 1. The molecule has 0 amide bonds. The molecule has 1 aromatic heterocycles. The Balaban J connectivity index is 2.09. The fraction of sp³-hybridized carbons (Fsp3) is 0.0455. The number of rotatable bonds is 4. The molecule has 1 heterocycles. The van der Waals surface area contributed by atoms with Gasteiger partial charge in [-0.2, -0.15) is 0 Å². The van der Waals surface area contributed by atoms with E-state index in [0.29, 0.717) is 27.8 Å². The maximum atomic E-state index is 13.4. The van der Waals surface area contributed by atoms with Gasteiger partial charge in [0, 0.05) is 16.0 Å². The van der Waals surface area contributed by atoms with Crippen molar-refractivity contribution in [3.8, 4) is 11.1 Å². The van der Waals surface area contributed by atoms with Crippen LogP contribution in [0.5, 0.6) is 0 Å². The van der Waals surface area contributed by atoms with E-state index in [0.717, 1.165) is 15.1 Å². The molecule has 0 saturated heterocycles. The van der Waals surface area contributed by atoms with Crippen molar-refractivity contribution < 1.29 is 13.2 Å². The molecule has 0 spiro atoms. The van der Waals surface area contributed by atoms with Crippen molar-refractivity contribution in [1.82, 2.24) is 3.97 Å². The molecule has 0 aliphatic heterocycles. The molecule has 0 radical (unpaired) electrons. The molecule has 0 aliphatic rings. The normalized spacial score (nSPS) is 11.6. The monoisotopic (exact) mass is 409 g/mol. The Kier molecular flexibility index (Phi) is 4.57. The summed E-state index contributed by atoms with van der Waals surface area (Å²) in [5.41, 5.74) is 2.78. The second kappa shape index (κ2) is 6.93. The molecule has 0 fully saturated rings. The summed E-state index contributed by atoms with van der Waals surface area (Å²) in [5, 5.41) is 1.25. The summed E-state index contributed by atoms with van der Waals surface area (Å²) in [4.78, 5) is 12.2. The lowest BCUT2D eigenvalue weighted by molar-refractivity contribution is 0.111. The van der Waals surface area contributed by atoms with Gasteiger partial charge in [0.15, 0.2) is 6.29 Å². The predicted molar refractivity (Wildman–Crippen MR) is 112 cm³/mol. The van der Waals surface area contributed by atoms with E-state index in [2.05, 4.69) is 0 Å². The number of fused-ring (bicyclic) bond motifs is 1. The first-order valence-corrected chi connectivity index (χ1v) is 10.4. The molecular formula is C22H16ClNO3S. The number of benzene rings is 3. The van der Waals surface area contributed by atoms with Crippen molar-refractivity contribution in [3.05, 3.63) is 89.1 Å². The van der Waals surface area contributed by atoms with Crippen LogP contribution >= 0.6 is 11.6 Å². The first-order chi connectivity index (χ1) is 13.4. The molecule has 0 N–H and O–H groups in total. The van der Waals surface area contributed by atoms with E-state index in [4.69, 9.17) is 11.6 Å². The van der Waals surface area contributed by atoms with Crippen molar-refractivity contribution in [1.29, 1.82) is 0 Å². The number of hydrogen-bond acceptors (Lipinski definition) is 3. The minimum absolute atomic E-state index is 0.0871. The largest absolute Gasteiger partial charge is 0.296 e. The van der Waals surface area contributed by atoms with Gasteiger partial charge in [-0.05, 0) is 42.8 Å². The Morgan fingerprint density at radius 2 is 1.54 bits per heavy atom. The molecule has 0 bridgehead atoms. The van der Waals surface area contributed by atoms with Crippen LogP contribution in [-0.2, 0) is 10.0 Å². The maximum absolute atomic E-state index is 13.4. The minimum atomic E-state index is -3.96. The van der Waals surface area contributed by atoms with Gasteiger partial charge in [-0.15, -0.1) is 0 Å². The van der Waals surface area contributed by atoms with Crippen LogP contribution in [0.1, 0.15) is 16.1 Å². The summed E-state index contributed by atoms with van der Waals surface area (Å²) < 4.78 is 28.0. The van der Waals surface area contributed by atoms with Crippen LogP contribution < -0.4 is 0 Å². The van der Waals surface area contributed by atoms with Crippen LogP contribution in [0.4, 0.5) is 0 Å². The molecule has 0 saturated carbocycles. The van der Waals surface area contributed by atoms with Gasteiger partial charge in [0.25, 0.3) is 10.0 Å². The standard InChI is InChI=1S/C22H16ClNO3S/c1-15-6-12-18(13-7-15)28(26,27)24-20-5-3-2-4-19(20)22(21(24)14-25)16-8-10-17(23)11-9-16/h2-14H,1H3. The Morgan fingerprint density at radius 3 is 2.18 bits per heavy atom. The van der Waals surface area contributed by atoms with E-state index < -0.39 is 10.0 Å². The molecule has 4 aromatic rings. The molecule has 0 unspecified atom stereocenters. The third-order valence-corrected chi connectivity index (χ3v) is 6.66. The number of para-hydroxylation sites is 1. The van der Waals surface area contributed by atoms with E-state index in [9.17, 15) is 13.2 Å². The number of halogens is 1. The third kappa shape index (κ3) is 2.93. The van der Waals surface area contributed by atoms with Crippen LogP contribution in [0, 0.1) is 6.92 Å². The van der Waals surface area contributed by atoms with Crippen LogP contribution in [0.2, 0.25) is 5.02 Å². The topological polar surface area (TPSA) is 56.1 Å². The second-order valence-corrected chi connectivity index (χ2v) is 8.71. The summed E-state index contributed by atoms with van der Waals surface area (Å²) >= 11 is 5.99. The van der Waals surface area contributed by atoms with Crippen molar-refractivity contribution in [3.63, 3.8) is 0 Å².